The van der Waals surface area contributed by atoms with Gasteiger partial charge in [-0.15, -0.1) is 0 Å². The molecule has 114 valence electrons. The van der Waals surface area contributed by atoms with E-state index in [2.05, 4.69) is 10.5 Å². The number of benzene rings is 2. The lowest BCUT2D eigenvalue weighted by atomic mass is 10.1. The number of ether oxygens (including phenoxy) is 1. The van der Waals surface area contributed by atoms with E-state index in [-0.39, 0.29) is 11.7 Å². The maximum atomic E-state index is 12.9. The summed E-state index contributed by atoms with van der Waals surface area (Å²) in [4.78, 5) is 12.0. The van der Waals surface area contributed by atoms with E-state index in [1.165, 1.54) is 12.1 Å². The van der Waals surface area contributed by atoms with E-state index >= 15 is 0 Å². The zero-order valence-corrected chi connectivity index (χ0v) is 12.5. The highest BCUT2D eigenvalue weighted by Crippen LogP contribution is 2.11. The lowest BCUT2D eigenvalue weighted by molar-refractivity contribution is 0.0955. The quantitative estimate of drug-likeness (QED) is 0.680. The summed E-state index contributed by atoms with van der Waals surface area (Å²) in [7, 11) is 1.57. The summed E-state index contributed by atoms with van der Waals surface area (Å²) in [5, 5.41) is 4.12. The molecule has 0 radical (unpaired) electrons. The highest BCUT2D eigenvalue weighted by atomic mass is 19.1. The van der Waals surface area contributed by atoms with Gasteiger partial charge in [-0.3, -0.25) is 4.79 Å². The number of carbonyl (C=O) groups is 1. The number of nitrogens with one attached hydrogen (secondary N) is 1. The molecule has 2 aromatic rings. The van der Waals surface area contributed by atoms with Crippen molar-refractivity contribution in [2.24, 2.45) is 5.10 Å². The number of carbonyl (C=O) groups excluding carboxylic acids is 1. The minimum absolute atomic E-state index is 0.304. The normalized spacial score (nSPS) is 11.1. The molecule has 0 spiro atoms. The number of nitrogens with zero attached hydrogens (tertiary/aromatic N) is 1. The van der Waals surface area contributed by atoms with E-state index in [1.54, 1.807) is 43.5 Å². The molecule has 4 nitrogen and oxygen atoms in total. The lowest BCUT2D eigenvalue weighted by Gasteiger charge is -2.06. The molecule has 0 bridgehead atoms. The molecule has 0 fully saturated rings. The summed E-state index contributed by atoms with van der Waals surface area (Å²) < 4.78 is 18.0. The number of halogens is 1. The van der Waals surface area contributed by atoms with Crippen LogP contribution in [-0.2, 0) is 0 Å². The predicted octanol–water partition coefficient (Wildman–Crippen LogP) is 3.38. The highest BCUT2D eigenvalue weighted by Gasteiger charge is 2.06. The molecule has 5 heteroatoms. The number of amides is 1. The Morgan fingerprint density at radius 3 is 2.23 bits per heavy atom. The van der Waals surface area contributed by atoms with Gasteiger partial charge in [0.15, 0.2) is 0 Å². The molecule has 0 aliphatic rings. The zero-order chi connectivity index (χ0) is 15.9. The van der Waals surface area contributed by atoms with Gasteiger partial charge in [-0.25, -0.2) is 9.82 Å². The van der Waals surface area contributed by atoms with Gasteiger partial charge in [-0.05, 0) is 48.4 Å². The summed E-state index contributed by atoms with van der Waals surface area (Å²) in [6.07, 6.45) is 0.620. The third-order valence-electron chi connectivity index (χ3n) is 3.16. The molecule has 0 unspecified atom stereocenters. The molecule has 0 aliphatic heterocycles. The van der Waals surface area contributed by atoms with Gasteiger partial charge in [-0.1, -0.05) is 19.1 Å². The van der Waals surface area contributed by atoms with Crippen LogP contribution in [0.1, 0.15) is 29.3 Å². The van der Waals surface area contributed by atoms with Gasteiger partial charge < -0.3 is 4.74 Å². The van der Waals surface area contributed by atoms with Gasteiger partial charge in [-0.2, -0.15) is 5.10 Å². The monoisotopic (exact) mass is 300 g/mol. The predicted molar refractivity (Wildman–Crippen MR) is 83.7 cm³/mol. The first-order chi connectivity index (χ1) is 10.6. The molecular formula is C17H17FN2O2. The largest absolute Gasteiger partial charge is 0.497 e. The van der Waals surface area contributed by atoms with Crippen molar-refractivity contribution in [3.8, 4) is 5.75 Å². The van der Waals surface area contributed by atoms with Crippen LogP contribution in [0.3, 0.4) is 0 Å². The standard InChI is InChI=1S/C17H17FN2O2/c1-3-16(12-4-8-14(18)9-5-12)19-20-17(21)13-6-10-15(22-2)11-7-13/h4-11H,3H2,1-2H3,(H,20,21)/b19-16-. The summed E-state index contributed by atoms with van der Waals surface area (Å²) in [6.45, 7) is 1.92. The minimum atomic E-state index is -0.310. The van der Waals surface area contributed by atoms with Crippen molar-refractivity contribution in [2.45, 2.75) is 13.3 Å². The molecule has 2 aromatic carbocycles. The van der Waals surface area contributed by atoms with E-state index < -0.39 is 0 Å². The summed E-state index contributed by atoms with van der Waals surface area (Å²) >= 11 is 0. The van der Waals surface area contributed by atoms with Crippen molar-refractivity contribution in [3.63, 3.8) is 0 Å². The van der Waals surface area contributed by atoms with Crippen molar-refractivity contribution in [2.75, 3.05) is 7.11 Å². The fourth-order valence-electron chi connectivity index (χ4n) is 1.92. The van der Waals surface area contributed by atoms with Crippen molar-refractivity contribution in [1.82, 2.24) is 5.43 Å². The Morgan fingerprint density at radius 2 is 1.68 bits per heavy atom. The average molecular weight is 300 g/mol. The van der Waals surface area contributed by atoms with Crippen LogP contribution in [0.4, 0.5) is 4.39 Å². The number of hydrazone groups is 1. The minimum Gasteiger partial charge on any atom is -0.497 e. The Labute approximate surface area is 128 Å². The second kappa shape index (κ2) is 7.36. The first-order valence-corrected chi connectivity index (χ1v) is 6.91. The van der Waals surface area contributed by atoms with Crippen molar-refractivity contribution in [3.05, 3.63) is 65.5 Å². The molecule has 0 saturated carbocycles. The second-order valence-electron chi connectivity index (χ2n) is 4.59. The van der Waals surface area contributed by atoms with Crippen LogP contribution in [-0.4, -0.2) is 18.7 Å². The van der Waals surface area contributed by atoms with Crippen LogP contribution in [0.2, 0.25) is 0 Å². The van der Waals surface area contributed by atoms with Crippen LogP contribution < -0.4 is 10.2 Å². The van der Waals surface area contributed by atoms with E-state index in [4.69, 9.17) is 4.74 Å². The van der Waals surface area contributed by atoms with Crippen LogP contribution in [0.5, 0.6) is 5.75 Å². The van der Waals surface area contributed by atoms with E-state index in [1.807, 2.05) is 6.92 Å². The number of hydrogen-bond acceptors (Lipinski definition) is 3. The number of rotatable bonds is 5. The van der Waals surface area contributed by atoms with Crippen LogP contribution in [0, 0.1) is 5.82 Å². The fourth-order valence-corrected chi connectivity index (χ4v) is 1.92. The lowest BCUT2D eigenvalue weighted by Crippen LogP contribution is -2.19. The molecule has 2 rings (SSSR count). The molecule has 0 heterocycles. The van der Waals surface area contributed by atoms with Crippen molar-refractivity contribution in [1.29, 1.82) is 0 Å². The van der Waals surface area contributed by atoms with E-state index in [0.717, 1.165) is 5.56 Å². The first-order valence-electron chi connectivity index (χ1n) is 6.91. The maximum absolute atomic E-state index is 12.9. The summed E-state index contributed by atoms with van der Waals surface area (Å²) in [5.74, 6) is 0.0674. The molecule has 0 saturated heterocycles. The van der Waals surface area contributed by atoms with E-state index in [0.29, 0.717) is 23.4 Å². The summed E-state index contributed by atoms with van der Waals surface area (Å²) in [6, 6.07) is 12.7. The van der Waals surface area contributed by atoms with Crippen LogP contribution in [0.25, 0.3) is 0 Å². The molecule has 0 aromatic heterocycles. The number of hydrogen-bond donors (Lipinski definition) is 1. The second-order valence-corrected chi connectivity index (χ2v) is 4.59. The fraction of sp³-hybridized carbons (Fsp3) is 0.176. The third kappa shape index (κ3) is 3.91. The van der Waals surface area contributed by atoms with E-state index in [9.17, 15) is 9.18 Å². The first kappa shape index (κ1) is 15.7. The summed E-state index contributed by atoms with van der Waals surface area (Å²) in [5.41, 5.74) is 4.46. The topological polar surface area (TPSA) is 50.7 Å². The van der Waals surface area contributed by atoms with Gasteiger partial charge in [0.25, 0.3) is 5.91 Å². The Kier molecular flexibility index (Phi) is 5.25. The van der Waals surface area contributed by atoms with Gasteiger partial charge in [0, 0.05) is 5.56 Å². The van der Waals surface area contributed by atoms with Gasteiger partial charge in [0.1, 0.15) is 11.6 Å². The molecule has 22 heavy (non-hydrogen) atoms. The van der Waals surface area contributed by atoms with Crippen LogP contribution in [0.15, 0.2) is 53.6 Å². The Bertz CT molecular complexity index is 664. The Morgan fingerprint density at radius 1 is 1.09 bits per heavy atom. The Balaban J connectivity index is 2.10. The van der Waals surface area contributed by atoms with Gasteiger partial charge in [0.05, 0.1) is 12.8 Å². The SMILES string of the molecule is CC/C(=N/NC(=O)c1ccc(OC)cc1)c1ccc(F)cc1. The van der Waals surface area contributed by atoms with Gasteiger partial charge >= 0.3 is 0 Å². The smallest absolute Gasteiger partial charge is 0.271 e. The molecule has 1 amide bonds. The molecule has 0 atom stereocenters. The number of methoxy groups -OCH3 is 1. The van der Waals surface area contributed by atoms with Gasteiger partial charge in [0.2, 0.25) is 0 Å². The maximum Gasteiger partial charge on any atom is 0.271 e. The molecular weight excluding hydrogens is 283 g/mol. The zero-order valence-electron chi connectivity index (χ0n) is 12.5. The van der Waals surface area contributed by atoms with Crippen molar-refractivity contribution < 1.29 is 13.9 Å². The highest BCUT2D eigenvalue weighted by molar-refractivity contribution is 6.02. The van der Waals surface area contributed by atoms with Crippen molar-refractivity contribution >= 4 is 11.6 Å². The van der Waals surface area contributed by atoms with Crippen LogP contribution >= 0.6 is 0 Å². The molecule has 1 N–H and O–H groups in total. The molecule has 0 aliphatic carbocycles. The Hall–Kier alpha value is -2.69. The average Bonchev–Trinajstić information content (AvgIpc) is 2.56. The third-order valence-corrected chi connectivity index (χ3v) is 3.16.